The van der Waals surface area contributed by atoms with Gasteiger partial charge in [0.1, 0.15) is 6.54 Å². The van der Waals surface area contributed by atoms with Crippen molar-refractivity contribution in [2.75, 3.05) is 32.7 Å². The second kappa shape index (κ2) is 9.69. The van der Waals surface area contributed by atoms with Gasteiger partial charge in [-0.25, -0.2) is 0 Å². The minimum Gasteiger partial charge on any atom is -0.346 e. The fraction of sp³-hybridized carbons (Fsp3) is 0.375. The predicted octanol–water partition coefficient (Wildman–Crippen LogP) is 1.39. The summed E-state index contributed by atoms with van der Waals surface area (Å²) in [5.74, 6) is -1.02. The van der Waals surface area contributed by atoms with Crippen LogP contribution in [0.5, 0.6) is 0 Å². The van der Waals surface area contributed by atoms with Gasteiger partial charge in [-0.15, -0.1) is 0 Å². The van der Waals surface area contributed by atoms with Gasteiger partial charge in [0.25, 0.3) is 0 Å². The maximum Gasteiger partial charge on any atom is 0.246 e. The smallest absolute Gasteiger partial charge is 0.246 e. The molecule has 9 heteroatoms. The van der Waals surface area contributed by atoms with E-state index in [9.17, 15) is 19.2 Å². The maximum absolute atomic E-state index is 12.7. The molecule has 170 valence electrons. The molecule has 0 spiro atoms. The normalized spacial score (nSPS) is 16.8. The molecule has 0 N–H and O–H groups in total. The van der Waals surface area contributed by atoms with E-state index in [4.69, 9.17) is 5.26 Å². The number of piperazine rings is 1. The zero-order valence-electron chi connectivity index (χ0n) is 18.3. The van der Waals surface area contributed by atoms with E-state index >= 15 is 0 Å². The fourth-order valence-electron chi connectivity index (χ4n) is 4.24. The quantitative estimate of drug-likeness (QED) is 0.491. The van der Waals surface area contributed by atoms with Gasteiger partial charge in [-0.3, -0.25) is 24.1 Å². The van der Waals surface area contributed by atoms with Gasteiger partial charge in [0.15, 0.2) is 0 Å². The lowest BCUT2D eigenvalue weighted by molar-refractivity contribution is -0.146. The molecule has 4 rings (SSSR count). The van der Waals surface area contributed by atoms with Crippen LogP contribution in [0, 0.1) is 11.3 Å². The third-order valence-electron chi connectivity index (χ3n) is 6.08. The van der Waals surface area contributed by atoms with Crippen molar-refractivity contribution in [3.63, 3.8) is 0 Å². The van der Waals surface area contributed by atoms with E-state index in [1.165, 1.54) is 6.08 Å². The fourth-order valence-corrected chi connectivity index (χ4v) is 4.24. The molecule has 2 aliphatic heterocycles. The van der Waals surface area contributed by atoms with Crippen LogP contribution in [0.15, 0.2) is 36.5 Å². The first-order valence-corrected chi connectivity index (χ1v) is 11.0. The van der Waals surface area contributed by atoms with Crippen LogP contribution in [0.4, 0.5) is 0 Å². The lowest BCUT2D eigenvalue weighted by atomic mass is 10.1. The Morgan fingerprint density at radius 3 is 2.36 bits per heavy atom. The van der Waals surface area contributed by atoms with Crippen LogP contribution >= 0.6 is 0 Å². The van der Waals surface area contributed by atoms with Crippen LogP contribution in [0.1, 0.15) is 24.8 Å². The largest absolute Gasteiger partial charge is 0.346 e. The minimum atomic E-state index is -0.304. The van der Waals surface area contributed by atoms with Crippen molar-refractivity contribution in [2.24, 2.45) is 0 Å². The van der Waals surface area contributed by atoms with Gasteiger partial charge in [-0.2, -0.15) is 5.26 Å². The Bertz CT molecular complexity index is 1150. The number of amides is 4. The monoisotopic (exact) mass is 447 g/mol. The molecular formula is C24H25N5O4. The number of carbonyl (C=O) groups is 4. The van der Waals surface area contributed by atoms with E-state index in [-0.39, 0.29) is 43.0 Å². The molecule has 0 bridgehead atoms. The number of nitrogens with zero attached hydrogens (tertiary/aromatic N) is 5. The van der Waals surface area contributed by atoms with Crippen LogP contribution in [0.25, 0.3) is 17.0 Å². The summed E-state index contributed by atoms with van der Waals surface area (Å²) in [5, 5.41) is 9.90. The first kappa shape index (κ1) is 22.3. The third-order valence-corrected chi connectivity index (χ3v) is 6.08. The number of rotatable bonds is 6. The summed E-state index contributed by atoms with van der Waals surface area (Å²) >= 11 is 0. The zero-order valence-corrected chi connectivity index (χ0v) is 18.3. The molecular weight excluding hydrogens is 422 g/mol. The van der Waals surface area contributed by atoms with Gasteiger partial charge in [0.2, 0.25) is 23.6 Å². The van der Waals surface area contributed by atoms with Crippen molar-refractivity contribution in [2.45, 2.75) is 25.8 Å². The SMILES string of the molecule is N#CCCn1cc(/C=C/C(=O)N2CCN(C(=O)CN3C(=O)CCC3=O)CC2)c2ccccc21. The molecule has 2 fully saturated rings. The molecule has 0 unspecified atom stereocenters. The number of carbonyl (C=O) groups excluding carboxylic acids is 4. The number of para-hydroxylation sites is 1. The first-order valence-electron chi connectivity index (χ1n) is 11.0. The standard InChI is InChI=1S/C24H25N5O4/c25-10-3-11-28-16-18(19-4-1-2-5-20(19)28)6-7-21(30)26-12-14-27(15-13-26)24(33)17-29-22(31)8-9-23(29)32/h1-2,4-7,16H,3,8-9,11-15,17H2/b7-6+. The van der Waals surface area contributed by atoms with Gasteiger partial charge in [0.05, 0.1) is 12.5 Å². The molecule has 33 heavy (non-hydrogen) atoms. The number of likely N-dealkylation sites (tertiary alicyclic amines) is 1. The van der Waals surface area contributed by atoms with Crippen molar-refractivity contribution in [1.82, 2.24) is 19.3 Å². The molecule has 2 aromatic rings. The summed E-state index contributed by atoms with van der Waals surface area (Å²) in [6.07, 6.45) is 6.01. The zero-order chi connectivity index (χ0) is 23.4. The predicted molar refractivity (Wildman–Crippen MR) is 120 cm³/mol. The molecule has 0 aliphatic carbocycles. The van der Waals surface area contributed by atoms with Crippen LogP contribution in [0.2, 0.25) is 0 Å². The first-order chi connectivity index (χ1) is 16.0. The number of imide groups is 1. The second-order valence-electron chi connectivity index (χ2n) is 8.12. The molecule has 2 saturated heterocycles. The average molecular weight is 447 g/mol. The maximum atomic E-state index is 12.7. The minimum absolute atomic E-state index is 0.138. The summed E-state index contributed by atoms with van der Waals surface area (Å²) in [6.45, 7) is 1.87. The van der Waals surface area contributed by atoms with Crippen LogP contribution in [0.3, 0.4) is 0 Å². The van der Waals surface area contributed by atoms with Crippen molar-refractivity contribution in [3.05, 3.63) is 42.1 Å². The topological polar surface area (TPSA) is 107 Å². The number of aromatic nitrogens is 1. The highest BCUT2D eigenvalue weighted by molar-refractivity contribution is 6.04. The molecule has 9 nitrogen and oxygen atoms in total. The van der Waals surface area contributed by atoms with E-state index in [0.29, 0.717) is 39.1 Å². The number of benzene rings is 1. The molecule has 1 aromatic heterocycles. The van der Waals surface area contributed by atoms with E-state index in [1.807, 2.05) is 35.0 Å². The lowest BCUT2D eigenvalue weighted by Crippen LogP contribution is -2.52. The number of hydrogen-bond donors (Lipinski definition) is 0. The van der Waals surface area contributed by atoms with Gasteiger partial charge in [0, 0.05) is 74.3 Å². The molecule has 0 saturated carbocycles. The Kier molecular flexibility index (Phi) is 6.54. The molecule has 2 aliphatic rings. The second-order valence-corrected chi connectivity index (χ2v) is 8.12. The molecule has 1 aromatic carbocycles. The summed E-state index contributed by atoms with van der Waals surface area (Å²) < 4.78 is 2.02. The Morgan fingerprint density at radius 1 is 1.00 bits per heavy atom. The third kappa shape index (κ3) is 4.80. The average Bonchev–Trinajstić information content (AvgIpc) is 3.35. The lowest BCUT2D eigenvalue weighted by Gasteiger charge is -2.34. The van der Waals surface area contributed by atoms with Crippen LogP contribution in [-0.4, -0.2) is 75.6 Å². The summed E-state index contributed by atoms with van der Waals surface area (Å²) in [6, 6.07) is 10.0. The number of nitriles is 1. The van der Waals surface area contributed by atoms with Crippen molar-refractivity contribution in [3.8, 4) is 6.07 Å². The van der Waals surface area contributed by atoms with E-state index in [1.54, 1.807) is 15.9 Å². The Balaban J connectivity index is 1.35. The van der Waals surface area contributed by atoms with E-state index in [2.05, 4.69) is 6.07 Å². The van der Waals surface area contributed by atoms with Crippen molar-refractivity contribution >= 4 is 40.6 Å². The number of aryl methyl sites for hydroxylation is 1. The summed E-state index contributed by atoms with van der Waals surface area (Å²) in [4.78, 5) is 52.9. The Hall–Kier alpha value is -3.93. The summed E-state index contributed by atoms with van der Waals surface area (Å²) in [7, 11) is 0. The van der Waals surface area contributed by atoms with Crippen molar-refractivity contribution < 1.29 is 19.2 Å². The highest BCUT2D eigenvalue weighted by atomic mass is 16.2. The van der Waals surface area contributed by atoms with E-state index < -0.39 is 0 Å². The van der Waals surface area contributed by atoms with Gasteiger partial charge >= 0.3 is 0 Å². The molecule has 0 radical (unpaired) electrons. The molecule has 3 heterocycles. The van der Waals surface area contributed by atoms with Crippen molar-refractivity contribution in [1.29, 1.82) is 5.26 Å². The number of fused-ring (bicyclic) bond motifs is 1. The molecule has 0 atom stereocenters. The van der Waals surface area contributed by atoms with E-state index in [0.717, 1.165) is 21.4 Å². The Morgan fingerprint density at radius 2 is 1.67 bits per heavy atom. The van der Waals surface area contributed by atoms with Crippen LogP contribution in [-0.2, 0) is 25.7 Å². The van der Waals surface area contributed by atoms with Gasteiger partial charge in [-0.05, 0) is 12.1 Å². The van der Waals surface area contributed by atoms with Crippen LogP contribution < -0.4 is 0 Å². The highest BCUT2D eigenvalue weighted by Gasteiger charge is 2.32. The number of hydrogen-bond acceptors (Lipinski definition) is 5. The van der Waals surface area contributed by atoms with Gasteiger partial charge < -0.3 is 14.4 Å². The summed E-state index contributed by atoms with van der Waals surface area (Å²) in [5.41, 5.74) is 1.92. The van der Waals surface area contributed by atoms with Gasteiger partial charge in [-0.1, -0.05) is 18.2 Å². The molecule has 4 amide bonds. The Labute approximate surface area is 191 Å². The highest BCUT2D eigenvalue weighted by Crippen LogP contribution is 2.23.